The molecule has 162 valence electrons. The maximum absolute atomic E-state index is 14.5. The first-order valence-corrected chi connectivity index (χ1v) is 9.61. The fourth-order valence-electron chi connectivity index (χ4n) is 3.38. The Labute approximate surface area is 175 Å². The van der Waals surface area contributed by atoms with Gasteiger partial charge in [-0.1, -0.05) is 26.0 Å². The molecule has 2 aromatic rings. The average molecular weight is 418 g/mol. The molecule has 1 aromatic heterocycles. The highest BCUT2D eigenvalue weighted by Crippen LogP contribution is 2.32. The van der Waals surface area contributed by atoms with Gasteiger partial charge in [-0.2, -0.15) is 0 Å². The van der Waals surface area contributed by atoms with Crippen LogP contribution in [0.4, 0.5) is 4.39 Å². The fraction of sp³-hybridized carbons (Fsp3) is 0.409. The second-order valence-corrected chi connectivity index (χ2v) is 7.38. The molecule has 0 aliphatic carbocycles. The van der Waals surface area contributed by atoms with Crippen LogP contribution in [0.3, 0.4) is 0 Å². The molecule has 1 amide bonds. The summed E-state index contributed by atoms with van der Waals surface area (Å²) >= 11 is 0. The number of rotatable bonds is 8. The maximum atomic E-state index is 14.5. The van der Waals surface area contributed by atoms with E-state index in [1.165, 1.54) is 25.4 Å². The van der Waals surface area contributed by atoms with Gasteiger partial charge in [-0.15, -0.1) is 0 Å². The molecule has 30 heavy (non-hydrogen) atoms. The first-order chi connectivity index (χ1) is 14.1. The Morgan fingerprint density at radius 1 is 1.23 bits per heavy atom. The lowest BCUT2D eigenvalue weighted by Crippen LogP contribution is -2.34. The standard InChI is InChI=1S/C22H27FN2O5/c1-12(2)19(15-7-6-13(3)10-16(15)23)14(4)30-18(26)11-25-22(28)20-21(27)17(29-5)8-9-24-20/h6-10,12,14,19,27H,11H2,1-5H3,(H,25,28). The minimum Gasteiger partial charge on any atom is -0.503 e. The van der Waals surface area contributed by atoms with E-state index in [1.54, 1.807) is 19.9 Å². The third kappa shape index (κ3) is 5.46. The van der Waals surface area contributed by atoms with Crippen molar-refractivity contribution >= 4 is 11.9 Å². The molecule has 0 spiro atoms. The molecule has 1 aromatic carbocycles. The normalized spacial score (nSPS) is 12.9. The van der Waals surface area contributed by atoms with Crippen LogP contribution in [0.5, 0.6) is 11.5 Å². The highest BCUT2D eigenvalue weighted by Gasteiger charge is 2.28. The maximum Gasteiger partial charge on any atom is 0.325 e. The number of esters is 1. The SMILES string of the molecule is COc1ccnc(C(=O)NCC(=O)OC(C)C(c2ccc(C)cc2F)C(C)C)c1O. The van der Waals surface area contributed by atoms with Gasteiger partial charge in [-0.05, 0) is 37.0 Å². The van der Waals surface area contributed by atoms with Gasteiger partial charge in [0.1, 0.15) is 18.5 Å². The van der Waals surface area contributed by atoms with Gasteiger partial charge in [0.05, 0.1) is 7.11 Å². The van der Waals surface area contributed by atoms with E-state index in [9.17, 15) is 19.1 Å². The van der Waals surface area contributed by atoms with Crippen molar-refractivity contribution in [3.8, 4) is 11.5 Å². The number of carbonyl (C=O) groups is 2. The Hall–Kier alpha value is -3.16. The third-order valence-corrected chi connectivity index (χ3v) is 4.77. The van der Waals surface area contributed by atoms with Crippen LogP contribution in [0.15, 0.2) is 30.5 Å². The molecular formula is C22H27FN2O5. The van der Waals surface area contributed by atoms with Crippen molar-refractivity contribution in [1.82, 2.24) is 10.3 Å². The number of amides is 1. The molecule has 8 heteroatoms. The van der Waals surface area contributed by atoms with Gasteiger partial charge in [0.15, 0.2) is 17.2 Å². The van der Waals surface area contributed by atoms with Crippen LogP contribution < -0.4 is 10.1 Å². The number of methoxy groups -OCH3 is 1. The van der Waals surface area contributed by atoms with Crippen LogP contribution in [-0.2, 0) is 9.53 Å². The summed E-state index contributed by atoms with van der Waals surface area (Å²) in [5.74, 6) is -2.45. The van der Waals surface area contributed by atoms with Gasteiger partial charge in [-0.25, -0.2) is 9.37 Å². The van der Waals surface area contributed by atoms with Gasteiger partial charge in [0, 0.05) is 18.2 Å². The van der Waals surface area contributed by atoms with E-state index < -0.39 is 30.3 Å². The first kappa shape index (κ1) is 23.1. The van der Waals surface area contributed by atoms with Crippen molar-refractivity contribution < 1.29 is 28.6 Å². The van der Waals surface area contributed by atoms with Gasteiger partial charge >= 0.3 is 5.97 Å². The summed E-state index contributed by atoms with van der Waals surface area (Å²) in [6.07, 6.45) is 0.687. The summed E-state index contributed by atoms with van der Waals surface area (Å²) in [4.78, 5) is 28.3. The molecule has 2 unspecified atom stereocenters. The van der Waals surface area contributed by atoms with E-state index in [-0.39, 0.29) is 29.1 Å². The molecule has 0 saturated carbocycles. The first-order valence-electron chi connectivity index (χ1n) is 9.61. The summed E-state index contributed by atoms with van der Waals surface area (Å²) in [5, 5.41) is 12.3. The van der Waals surface area contributed by atoms with Crippen molar-refractivity contribution in [1.29, 1.82) is 0 Å². The molecule has 0 saturated heterocycles. The predicted molar refractivity (Wildman–Crippen MR) is 109 cm³/mol. The van der Waals surface area contributed by atoms with E-state index >= 15 is 0 Å². The van der Waals surface area contributed by atoms with Gasteiger partial charge < -0.3 is 19.9 Å². The molecule has 2 atom stereocenters. The Morgan fingerprint density at radius 2 is 1.93 bits per heavy atom. The molecule has 1 heterocycles. The number of carbonyl (C=O) groups excluding carboxylic acids is 2. The number of aromatic hydroxyl groups is 1. The largest absolute Gasteiger partial charge is 0.503 e. The summed E-state index contributed by atoms with van der Waals surface area (Å²) < 4.78 is 24.8. The molecule has 7 nitrogen and oxygen atoms in total. The topological polar surface area (TPSA) is 97.8 Å². The zero-order valence-corrected chi connectivity index (χ0v) is 17.7. The number of hydrogen-bond donors (Lipinski definition) is 2. The highest BCUT2D eigenvalue weighted by molar-refractivity contribution is 5.97. The van der Waals surface area contributed by atoms with Crippen molar-refractivity contribution in [2.24, 2.45) is 5.92 Å². The van der Waals surface area contributed by atoms with Crippen molar-refractivity contribution in [3.05, 3.63) is 53.1 Å². The molecule has 2 N–H and O–H groups in total. The lowest BCUT2D eigenvalue weighted by molar-refractivity contribution is -0.148. The molecule has 0 aliphatic heterocycles. The van der Waals surface area contributed by atoms with Crippen LogP contribution in [0.25, 0.3) is 0 Å². The number of aromatic nitrogens is 1. The zero-order chi connectivity index (χ0) is 22.4. The van der Waals surface area contributed by atoms with Gasteiger partial charge in [0.25, 0.3) is 5.91 Å². The summed E-state index contributed by atoms with van der Waals surface area (Å²) in [6, 6.07) is 6.38. The predicted octanol–water partition coefficient (Wildman–Crippen LogP) is 3.34. The Bertz CT molecular complexity index is 916. The second-order valence-electron chi connectivity index (χ2n) is 7.38. The van der Waals surface area contributed by atoms with Crippen LogP contribution in [0.2, 0.25) is 0 Å². The Kier molecular flexibility index (Phi) is 7.74. The van der Waals surface area contributed by atoms with Crippen LogP contribution in [0.1, 0.15) is 48.3 Å². The van der Waals surface area contributed by atoms with E-state index in [4.69, 9.17) is 9.47 Å². The number of halogens is 1. The number of ether oxygens (including phenoxy) is 2. The summed E-state index contributed by atoms with van der Waals surface area (Å²) in [5.41, 5.74) is 1.02. The Balaban J connectivity index is 2.03. The van der Waals surface area contributed by atoms with Crippen molar-refractivity contribution in [2.45, 2.75) is 39.7 Å². The monoisotopic (exact) mass is 418 g/mol. The number of benzene rings is 1. The number of nitrogens with zero attached hydrogens (tertiary/aromatic N) is 1. The molecule has 0 bridgehead atoms. The minimum atomic E-state index is -0.749. The summed E-state index contributed by atoms with van der Waals surface area (Å²) in [6.45, 7) is 6.92. The van der Waals surface area contributed by atoms with Gasteiger partial charge in [-0.3, -0.25) is 9.59 Å². The third-order valence-electron chi connectivity index (χ3n) is 4.77. The van der Waals surface area contributed by atoms with E-state index in [0.717, 1.165) is 5.56 Å². The number of pyridine rings is 1. The van der Waals surface area contributed by atoms with Gasteiger partial charge in [0.2, 0.25) is 0 Å². The lowest BCUT2D eigenvalue weighted by atomic mass is 9.84. The zero-order valence-electron chi connectivity index (χ0n) is 17.7. The van der Waals surface area contributed by atoms with Crippen LogP contribution in [0, 0.1) is 18.7 Å². The molecule has 0 fully saturated rings. The average Bonchev–Trinajstić information content (AvgIpc) is 2.68. The van der Waals surface area contributed by atoms with Crippen LogP contribution >= 0.6 is 0 Å². The minimum absolute atomic E-state index is 0.0116. The molecule has 0 radical (unpaired) electrons. The van der Waals surface area contributed by atoms with Crippen molar-refractivity contribution in [3.63, 3.8) is 0 Å². The summed E-state index contributed by atoms with van der Waals surface area (Å²) in [7, 11) is 1.34. The molecule has 2 rings (SSSR count). The van der Waals surface area contributed by atoms with Crippen LogP contribution in [-0.4, -0.2) is 41.7 Å². The lowest BCUT2D eigenvalue weighted by Gasteiger charge is -2.28. The second kappa shape index (κ2) is 10.0. The Morgan fingerprint density at radius 3 is 2.53 bits per heavy atom. The fourth-order valence-corrected chi connectivity index (χ4v) is 3.38. The quantitative estimate of drug-likeness (QED) is 0.638. The number of nitrogens with one attached hydrogen (secondary N) is 1. The molecule has 0 aliphatic rings. The smallest absolute Gasteiger partial charge is 0.325 e. The highest BCUT2D eigenvalue weighted by atomic mass is 19.1. The van der Waals surface area contributed by atoms with E-state index in [1.807, 2.05) is 19.9 Å². The number of hydrogen-bond acceptors (Lipinski definition) is 6. The van der Waals surface area contributed by atoms with Crippen molar-refractivity contribution in [2.75, 3.05) is 13.7 Å². The van der Waals surface area contributed by atoms with E-state index in [2.05, 4.69) is 10.3 Å². The van der Waals surface area contributed by atoms with E-state index in [0.29, 0.717) is 5.56 Å². The number of aryl methyl sites for hydroxylation is 1. The molecular weight excluding hydrogens is 391 g/mol.